The second kappa shape index (κ2) is 8.31. The Morgan fingerprint density at radius 2 is 1.61 bits per heavy atom. The number of rotatable bonds is 7. The molecule has 2 N–H and O–H groups in total. The van der Waals surface area contributed by atoms with Crippen LogP contribution in [0.5, 0.6) is 0 Å². The van der Waals surface area contributed by atoms with Crippen LogP contribution < -0.4 is 10.0 Å². The molecule has 3 aromatic rings. The van der Waals surface area contributed by atoms with E-state index in [-0.39, 0.29) is 11.9 Å². The smallest absolute Gasteiger partial charge is 0.272 e. The highest BCUT2D eigenvalue weighted by Crippen LogP contribution is 2.19. The van der Waals surface area contributed by atoms with Gasteiger partial charge in [-0.3, -0.25) is 9.52 Å². The molecule has 0 unspecified atom stereocenters. The van der Waals surface area contributed by atoms with Crippen molar-refractivity contribution < 1.29 is 13.2 Å². The van der Waals surface area contributed by atoms with Gasteiger partial charge in [-0.1, -0.05) is 30.3 Å². The van der Waals surface area contributed by atoms with Gasteiger partial charge in [0.05, 0.1) is 6.26 Å². The van der Waals surface area contributed by atoms with Crippen LogP contribution in [-0.4, -0.2) is 25.1 Å². The lowest BCUT2D eigenvalue weighted by Gasteiger charge is -2.17. The Morgan fingerprint density at radius 3 is 2.25 bits per heavy atom. The predicted octanol–water partition coefficient (Wildman–Crippen LogP) is 3.92. The van der Waals surface area contributed by atoms with E-state index in [1.807, 2.05) is 35.0 Å². The van der Waals surface area contributed by atoms with Crippen LogP contribution in [0.15, 0.2) is 72.9 Å². The molecule has 1 atom stereocenters. The normalized spacial score (nSPS) is 12.4. The van der Waals surface area contributed by atoms with Crippen molar-refractivity contribution in [2.75, 3.05) is 16.3 Å². The number of benzene rings is 2. The maximum atomic E-state index is 12.7. The molecule has 0 aliphatic carbocycles. The van der Waals surface area contributed by atoms with Gasteiger partial charge >= 0.3 is 0 Å². The number of anilines is 2. The van der Waals surface area contributed by atoms with Crippen LogP contribution in [0.4, 0.5) is 11.4 Å². The monoisotopic (exact) mass is 397 g/mol. The van der Waals surface area contributed by atoms with Crippen LogP contribution in [0.1, 0.15) is 29.0 Å². The summed E-state index contributed by atoms with van der Waals surface area (Å²) in [6.45, 7) is 2.08. The van der Waals surface area contributed by atoms with Gasteiger partial charge in [0.2, 0.25) is 10.0 Å². The van der Waals surface area contributed by atoms with Crippen molar-refractivity contribution in [2.45, 2.75) is 19.4 Å². The molecular formula is C21H23N3O3S. The largest absolute Gasteiger partial charge is 0.340 e. The molecule has 1 amide bonds. The predicted molar refractivity (Wildman–Crippen MR) is 112 cm³/mol. The third kappa shape index (κ3) is 5.23. The fourth-order valence-corrected chi connectivity index (χ4v) is 3.62. The van der Waals surface area contributed by atoms with E-state index in [0.717, 1.165) is 12.7 Å². The highest BCUT2D eigenvalue weighted by molar-refractivity contribution is 7.92. The first-order valence-corrected chi connectivity index (χ1v) is 10.8. The zero-order valence-corrected chi connectivity index (χ0v) is 16.6. The van der Waals surface area contributed by atoms with E-state index in [4.69, 9.17) is 0 Å². The molecule has 28 heavy (non-hydrogen) atoms. The number of sulfonamides is 1. The molecule has 0 aliphatic rings. The summed E-state index contributed by atoms with van der Waals surface area (Å²) < 4.78 is 26.9. The van der Waals surface area contributed by atoms with Gasteiger partial charge in [0.25, 0.3) is 5.91 Å². The molecular weight excluding hydrogens is 374 g/mol. The summed E-state index contributed by atoms with van der Waals surface area (Å²) in [6, 6.07) is 20.4. The Morgan fingerprint density at radius 1 is 0.964 bits per heavy atom. The maximum absolute atomic E-state index is 12.7. The zero-order chi connectivity index (χ0) is 20.1. The lowest BCUT2D eigenvalue weighted by Crippen LogP contribution is -2.19. The fraction of sp³-hybridized carbons (Fsp3) is 0.190. The highest BCUT2D eigenvalue weighted by Gasteiger charge is 2.15. The average Bonchev–Trinajstić information content (AvgIpc) is 3.13. The Balaban J connectivity index is 1.69. The second-order valence-electron chi connectivity index (χ2n) is 6.75. The molecule has 0 saturated carbocycles. The van der Waals surface area contributed by atoms with E-state index in [9.17, 15) is 13.2 Å². The summed E-state index contributed by atoms with van der Waals surface area (Å²) in [6.07, 6.45) is 3.82. The molecule has 7 heteroatoms. The number of amides is 1. The Kier molecular flexibility index (Phi) is 5.84. The van der Waals surface area contributed by atoms with Crippen LogP contribution in [-0.2, 0) is 16.4 Å². The van der Waals surface area contributed by atoms with Gasteiger partial charge in [0.15, 0.2) is 0 Å². The minimum atomic E-state index is -3.33. The van der Waals surface area contributed by atoms with Crippen molar-refractivity contribution in [3.8, 4) is 0 Å². The Hall–Kier alpha value is -3.06. The first kappa shape index (κ1) is 19.7. The molecule has 0 saturated heterocycles. The van der Waals surface area contributed by atoms with E-state index >= 15 is 0 Å². The van der Waals surface area contributed by atoms with Gasteiger partial charge in [-0.05, 0) is 55.3 Å². The quantitative estimate of drug-likeness (QED) is 0.634. The molecule has 0 spiro atoms. The van der Waals surface area contributed by atoms with Crippen LogP contribution in [0.3, 0.4) is 0 Å². The molecule has 3 rings (SSSR count). The number of aromatic nitrogens is 1. The van der Waals surface area contributed by atoms with Crippen LogP contribution in [0.2, 0.25) is 0 Å². The maximum Gasteiger partial charge on any atom is 0.272 e. The summed E-state index contributed by atoms with van der Waals surface area (Å²) in [4.78, 5) is 12.7. The van der Waals surface area contributed by atoms with Crippen molar-refractivity contribution in [1.29, 1.82) is 0 Å². The summed E-state index contributed by atoms with van der Waals surface area (Å²) in [5.41, 5.74) is 2.82. The average molecular weight is 398 g/mol. The SMILES string of the molecule is C[C@H](Cc1ccccc1)n1cccc1C(=O)Nc1ccc(NS(C)(=O)=O)cc1. The van der Waals surface area contributed by atoms with Crippen molar-refractivity contribution in [1.82, 2.24) is 4.57 Å². The Labute approximate surface area is 165 Å². The van der Waals surface area contributed by atoms with Gasteiger partial charge < -0.3 is 9.88 Å². The minimum absolute atomic E-state index is 0.125. The van der Waals surface area contributed by atoms with E-state index in [2.05, 4.69) is 29.1 Å². The van der Waals surface area contributed by atoms with Crippen molar-refractivity contribution in [2.24, 2.45) is 0 Å². The van der Waals surface area contributed by atoms with Crippen LogP contribution in [0, 0.1) is 0 Å². The van der Waals surface area contributed by atoms with Gasteiger partial charge in [-0.2, -0.15) is 0 Å². The van der Waals surface area contributed by atoms with Crippen molar-refractivity contribution in [3.63, 3.8) is 0 Å². The number of nitrogens with one attached hydrogen (secondary N) is 2. The molecule has 0 fully saturated rings. The van der Waals surface area contributed by atoms with Crippen molar-refractivity contribution in [3.05, 3.63) is 84.2 Å². The highest BCUT2D eigenvalue weighted by atomic mass is 32.2. The molecule has 0 bridgehead atoms. The molecule has 2 aromatic carbocycles. The number of nitrogens with zero attached hydrogens (tertiary/aromatic N) is 1. The summed E-state index contributed by atoms with van der Waals surface area (Å²) >= 11 is 0. The Bertz CT molecular complexity index is 1040. The first-order chi connectivity index (χ1) is 13.3. The number of carbonyl (C=O) groups excluding carboxylic acids is 1. The lowest BCUT2D eigenvalue weighted by atomic mass is 10.1. The standard InChI is InChI=1S/C21H23N3O3S/c1-16(15-17-7-4-3-5-8-17)24-14-6-9-20(24)21(25)22-18-10-12-19(13-11-18)23-28(2,26)27/h3-14,16,23H,15H2,1-2H3,(H,22,25)/t16-/m1/s1. The summed E-state index contributed by atoms with van der Waals surface area (Å²) in [5, 5.41) is 2.86. The summed E-state index contributed by atoms with van der Waals surface area (Å²) in [7, 11) is -3.33. The molecule has 1 aromatic heterocycles. The number of hydrogen-bond acceptors (Lipinski definition) is 3. The third-order valence-corrected chi connectivity index (χ3v) is 4.91. The van der Waals surface area contributed by atoms with Gasteiger partial charge in [0, 0.05) is 23.6 Å². The molecule has 1 heterocycles. The number of carbonyl (C=O) groups is 1. The van der Waals surface area contributed by atoms with Gasteiger partial charge in [0.1, 0.15) is 5.69 Å². The third-order valence-electron chi connectivity index (χ3n) is 4.31. The zero-order valence-electron chi connectivity index (χ0n) is 15.8. The van der Waals surface area contributed by atoms with Gasteiger partial charge in [-0.25, -0.2) is 8.42 Å². The van der Waals surface area contributed by atoms with Crippen LogP contribution >= 0.6 is 0 Å². The van der Waals surface area contributed by atoms with Gasteiger partial charge in [-0.15, -0.1) is 0 Å². The molecule has 6 nitrogen and oxygen atoms in total. The van der Waals surface area contributed by atoms with Crippen LogP contribution in [0.25, 0.3) is 0 Å². The topological polar surface area (TPSA) is 80.2 Å². The fourth-order valence-electron chi connectivity index (χ4n) is 3.05. The summed E-state index contributed by atoms with van der Waals surface area (Å²) in [5.74, 6) is -0.214. The lowest BCUT2D eigenvalue weighted by molar-refractivity contribution is 0.101. The van der Waals surface area contributed by atoms with E-state index in [1.54, 1.807) is 30.3 Å². The molecule has 146 valence electrons. The van der Waals surface area contributed by atoms with E-state index in [0.29, 0.717) is 17.1 Å². The second-order valence-corrected chi connectivity index (χ2v) is 8.49. The number of hydrogen-bond donors (Lipinski definition) is 2. The van der Waals surface area contributed by atoms with E-state index < -0.39 is 10.0 Å². The van der Waals surface area contributed by atoms with Crippen molar-refractivity contribution >= 4 is 27.3 Å². The molecule has 0 aliphatic heterocycles. The molecule has 0 radical (unpaired) electrons. The minimum Gasteiger partial charge on any atom is -0.340 e. The first-order valence-electron chi connectivity index (χ1n) is 8.92. The van der Waals surface area contributed by atoms with E-state index in [1.165, 1.54) is 5.56 Å².